The molecule has 1 aromatic carbocycles. The van der Waals surface area contributed by atoms with Crippen molar-refractivity contribution in [1.82, 2.24) is 20.1 Å². The number of benzene rings is 1. The highest BCUT2D eigenvalue weighted by atomic mass is 32.1. The molecule has 0 saturated heterocycles. The summed E-state index contributed by atoms with van der Waals surface area (Å²) in [6.07, 6.45) is 2.56. The molecule has 148 valence electrons. The van der Waals surface area contributed by atoms with E-state index in [2.05, 4.69) is 20.8 Å². The van der Waals surface area contributed by atoms with Crippen LogP contribution in [0.15, 0.2) is 54.7 Å². The molecule has 0 aliphatic carbocycles. The average Bonchev–Trinajstić information content (AvgIpc) is 3.39. The SMILES string of the molecule is CC(Cc1ccccc1)NC(=O)c1cc2c(NC(=O)c3cccn3C)[nH]nc2s1. The number of amides is 2. The third kappa shape index (κ3) is 4.07. The number of hydrogen-bond donors (Lipinski definition) is 3. The summed E-state index contributed by atoms with van der Waals surface area (Å²) in [7, 11) is 1.81. The zero-order valence-electron chi connectivity index (χ0n) is 16.1. The molecule has 0 saturated carbocycles. The van der Waals surface area contributed by atoms with E-state index in [-0.39, 0.29) is 17.9 Å². The van der Waals surface area contributed by atoms with E-state index in [1.165, 1.54) is 16.9 Å². The minimum atomic E-state index is -0.239. The lowest BCUT2D eigenvalue weighted by Crippen LogP contribution is -2.33. The van der Waals surface area contributed by atoms with Gasteiger partial charge in [-0.3, -0.25) is 14.7 Å². The van der Waals surface area contributed by atoms with Crippen LogP contribution in [0.2, 0.25) is 0 Å². The lowest BCUT2D eigenvalue weighted by molar-refractivity contribution is 0.0943. The van der Waals surface area contributed by atoms with Crippen LogP contribution in [-0.2, 0) is 13.5 Å². The zero-order chi connectivity index (χ0) is 20.4. The summed E-state index contributed by atoms with van der Waals surface area (Å²) in [5, 5.41) is 13.6. The highest BCUT2D eigenvalue weighted by Crippen LogP contribution is 2.29. The second kappa shape index (κ2) is 7.92. The van der Waals surface area contributed by atoms with E-state index in [9.17, 15) is 9.59 Å². The smallest absolute Gasteiger partial charge is 0.273 e. The Morgan fingerprint density at radius 1 is 1.17 bits per heavy atom. The first-order valence-electron chi connectivity index (χ1n) is 9.26. The number of nitrogens with zero attached hydrogens (tertiary/aromatic N) is 2. The van der Waals surface area contributed by atoms with Crippen LogP contribution in [0.1, 0.15) is 32.6 Å². The molecule has 8 heteroatoms. The van der Waals surface area contributed by atoms with E-state index < -0.39 is 0 Å². The average molecular weight is 407 g/mol. The fourth-order valence-electron chi connectivity index (χ4n) is 3.21. The molecular formula is C21H21N5O2S. The normalized spacial score (nSPS) is 12.1. The van der Waals surface area contributed by atoms with Gasteiger partial charge in [0.25, 0.3) is 11.8 Å². The van der Waals surface area contributed by atoms with Crippen molar-refractivity contribution in [2.75, 3.05) is 5.32 Å². The highest BCUT2D eigenvalue weighted by Gasteiger charge is 2.18. The van der Waals surface area contributed by atoms with Crippen LogP contribution in [0.3, 0.4) is 0 Å². The summed E-state index contributed by atoms with van der Waals surface area (Å²) in [4.78, 5) is 26.3. The fourth-order valence-corrected chi connectivity index (χ4v) is 4.10. The zero-order valence-corrected chi connectivity index (χ0v) is 16.9. The van der Waals surface area contributed by atoms with Crippen molar-refractivity contribution < 1.29 is 9.59 Å². The minimum Gasteiger partial charge on any atom is -0.349 e. The number of aryl methyl sites for hydroxylation is 1. The standard InChI is InChI=1S/C21H21N5O2S/c1-13(11-14-7-4-3-5-8-14)22-20(28)17-12-15-18(24-25-21(15)29-17)23-19(27)16-9-6-10-26(16)2/h3-10,12-13H,11H2,1-2H3,(H,22,28)(H2,23,24,25,27). The maximum atomic E-state index is 12.6. The van der Waals surface area contributed by atoms with Gasteiger partial charge in [-0.2, -0.15) is 5.10 Å². The summed E-state index contributed by atoms with van der Waals surface area (Å²) in [6.45, 7) is 1.98. The molecule has 0 aliphatic heterocycles. The molecule has 1 unspecified atom stereocenters. The molecule has 0 bridgehead atoms. The van der Waals surface area contributed by atoms with Crippen LogP contribution in [-0.4, -0.2) is 32.6 Å². The predicted octanol–water partition coefficient (Wildman–Crippen LogP) is 3.58. The molecule has 2 amide bonds. The van der Waals surface area contributed by atoms with Crippen molar-refractivity contribution in [3.8, 4) is 0 Å². The van der Waals surface area contributed by atoms with Crippen molar-refractivity contribution in [3.63, 3.8) is 0 Å². The van der Waals surface area contributed by atoms with Crippen molar-refractivity contribution >= 4 is 39.2 Å². The van der Waals surface area contributed by atoms with Crippen LogP contribution in [0, 0.1) is 0 Å². The lowest BCUT2D eigenvalue weighted by Gasteiger charge is -2.13. The topological polar surface area (TPSA) is 91.8 Å². The highest BCUT2D eigenvalue weighted by molar-refractivity contribution is 7.20. The molecule has 0 aliphatic rings. The number of H-pyrrole nitrogens is 1. The Balaban J connectivity index is 1.46. The number of rotatable bonds is 6. The molecule has 1 atom stereocenters. The summed E-state index contributed by atoms with van der Waals surface area (Å²) in [5.74, 6) is 0.103. The summed E-state index contributed by atoms with van der Waals surface area (Å²) < 4.78 is 1.74. The van der Waals surface area contributed by atoms with Crippen molar-refractivity contribution in [3.05, 3.63) is 70.9 Å². The number of carbonyl (C=O) groups excluding carboxylic acids is 2. The third-order valence-electron chi connectivity index (χ3n) is 4.65. The van der Waals surface area contributed by atoms with Crippen LogP contribution < -0.4 is 10.6 Å². The second-order valence-electron chi connectivity index (χ2n) is 6.95. The number of hydrogen-bond acceptors (Lipinski definition) is 4. The number of aromatic amines is 1. The Kier molecular flexibility index (Phi) is 5.18. The quantitative estimate of drug-likeness (QED) is 0.456. The molecule has 3 aromatic heterocycles. The predicted molar refractivity (Wildman–Crippen MR) is 114 cm³/mol. The Morgan fingerprint density at radius 3 is 2.69 bits per heavy atom. The first-order chi connectivity index (χ1) is 14.0. The van der Waals surface area contributed by atoms with Crippen molar-refractivity contribution in [1.29, 1.82) is 0 Å². The van der Waals surface area contributed by atoms with E-state index in [1.54, 1.807) is 36.0 Å². The molecular weight excluding hydrogens is 386 g/mol. The summed E-state index contributed by atoms with van der Waals surface area (Å²) >= 11 is 1.29. The molecule has 3 heterocycles. The van der Waals surface area contributed by atoms with E-state index in [0.29, 0.717) is 21.2 Å². The first-order valence-corrected chi connectivity index (χ1v) is 10.1. The van der Waals surface area contributed by atoms with Crippen molar-refractivity contribution in [2.45, 2.75) is 19.4 Å². The summed E-state index contributed by atoms with van der Waals surface area (Å²) in [6, 6.07) is 15.3. The van der Waals surface area contributed by atoms with Gasteiger partial charge in [0.2, 0.25) is 0 Å². The second-order valence-corrected chi connectivity index (χ2v) is 7.98. The monoisotopic (exact) mass is 407 g/mol. The van der Waals surface area contributed by atoms with Gasteiger partial charge >= 0.3 is 0 Å². The van der Waals surface area contributed by atoms with Gasteiger partial charge < -0.3 is 15.2 Å². The van der Waals surface area contributed by atoms with Gasteiger partial charge in [-0.1, -0.05) is 30.3 Å². The van der Waals surface area contributed by atoms with Gasteiger partial charge in [-0.05, 0) is 37.1 Å². The van der Waals surface area contributed by atoms with Crippen LogP contribution in [0.4, 0.5) is 5.82 Å². The van der Waals surface area contributed by atoms with E-state index in [0.717, 1.165) is 11.8 Å². The Labute approximate surface area is 171 Å². The van der Waals surface area contributed by atoms with E-state index >= 15 is 0 Å². The van der Waals surface area contributed by atoms with Crippen molar-refractivity contribution in [2.24, 2.45) is 7.05 Å². The summed E-state index contributed by atoms with van der Waals surface area (Å²) in [5.41, 5.74) is 1.71. The first kappa shape index (κ1) is 18.9. The van der Waals surface area contributed by atoms with Gasteiger partial charge in [0, 0.05) is 19.3 Å². The molecule has 29 heavy (non-hydrogen) atoms. The van der Waals surface area contributed by atoms with Crippen LogP contribution in [0.5, 0.6) is 0 Å². The Bertz CT molecular complexity index is 1160. The number of carbonyl (C=O) groups is 2. The van der Waals surface area contributed by atoms with Gasteiger partial charge in [-0.25, -0.2) is 0 Å². The number of aromatic nitrogens is 3. The number of fused-ring (bicyclic) bond motifs is 1. The molecule has 0 spiro atoms. The Morgan fingerprint density at radius 2 is 1.97 bits per heavy atom. The Hall–Kier alpha value is -3.39. The maximum absolute atomic E-state index is 12.6. The van der Waals surface area contributed by atoms with E-state index in [4.69, 9.17) is 0 Å². The van der Waals surface area contributed by atoms with Gasteiger partial charge in [0.05, 0.1) is 10.3 Å². The third-order valence-corrected chi connectivity index (χ3v) is 5.68. The maximum Gasteiger partial charge on any atom is 0.273 e. The fraction of sp³-hybridized carbons (Fsp3) is 0.190. The molecule has 7 nitrogen and oxygen atoms in total. The number of anilines is 1. The number of nitrogens with one attached hydrogen (secondary N) is 3. The molecule has 0 radical (unpaired) electrons. The molecule has 0 fully saturated rings. The van der Waals surface area contributed by atoms with Gasteiger partial charge in [0.1, 0.15) is 16.3 Å². The van der Waals surface area contributed by atoms with Crippen LogP contribution >= 0.6 is 11.3 Å². The molecule has 4 aromatic rings. The van der Waals surface area contributed by atoms with Gasteiger partial charge in [0.15, 0.2) is 0 Å². The van der Waals surface area contributed by atoms with E-state index in [1.807, 2.05) is 37.3 Å². The van der Waals surface area contributed by atoms with Gasteiger partial charge in [-0.15, -0.1) is 11.3 Å². The minimum absolute atomic E-state index is 0.00241. The molecule has 3 N–H and O–H groups in total. The van der Waals surface area contributed by atoms with Crippen LogP contribution in [0.25, 0.3) is 10.2 Å². The number of thiophene rings is 1. The molecule has 4 rings (SSSR count). The lowest BCUT2D eigenvalue weighted by atomic mass is 10.1. The largest absolute Gasteiger partial charge is 0.349 e.